The van der Waals surface area contributed by atoms with Crippen LogP contribution in [0.15, 0.2) is 34.5 Å². The fraction of sp³-hybridized carbons (Fsp3) is 0.400. The highest BCUT2D eigenvalue weighted by atomic mass is 32.2. The number of nitrogens with zero attached hydrogens (tertiary/aromatic N) is 1. The van der Waals surface area contributed by atoms with Crippen LogP contribution in [0.25, 0.3) is 10.6 Å². The normalized spacial score (nSPS) is 16.8. The monoisotopic (exact) mass is 337 g/mol. The first-order valence-electron chi connectivity index (χ1n) is 7.30. The van der Waals surface area contributed by atoms with Gasteiger partial charge >= 0.3 is 0 Å². The second kappa shape index (κ2) is 6.45. The third-order valence-corrected chi connectivity index (χ3v) is 6.20. The van der Waals surface area contributed by atoms with Crippen molar-refractivity contribution in [1.82, 2.24) is 15.0 Å². The second-order valence-electron chi connectivity index (χ2n) is 5.47. The molecule has 0 unspecified atom stereocenters. The van der Waals surface area contributed by atoms with Gasteiger partial charge in [0, 0.05) is 22.7 Å². The summed E-state index contributed by atoms with van der Waals surface area (Å²) in [4.78, 5) is 4.72. The Kier molecular flexibility index (Phi) is 4.58. The van der Waals surface area contributed by atoms with Gasteiger partial charge < -0.3 is 5.32 Å². The topological polar surface area (TPSA) is 71.1 Å². The van der Waals surface area contributed by atoms with Crippen LogP contribution >= 0.6 is 11.3 Å². The van der Waals surface area contributed by atoms with Gasteiger partial charge in [-0.05, 0) is 45.0 Å². The molecule has 1 fully saturated rings. The smallest absolute Gasteiger partial charge is 0.240 e. The van der Waals surface area contributed by atoms with Gasteiger partial charge in [0.2, 0.25) is 10.0 Å². The zero-order valence-corrected chi connectivity index (χ0v) is 14.0. The maximum absolute atomic E-state index is 12.5. The van der Waals surface area contributed by atoms with Crippen LogP contribution in [0.3, 0.4) is 0 Å². The molecule has 7 heteroatoms. The van der Waals surface area contributed by atoms with Crippen molar-refractivity contribution in [2.45, 2.75) is 30.7 Å². The first-order valence-corrected chi connectivity index (χ1v) is 9.66. The van der Waals surface area contributed by atoms with Crippen molar-refractivity contribution >= 4 is 21.4 Å². The van der Waals surface area contributed by atoms with Crippen LogP contribution in [0.2, 0.25) is 0 Å². The number of piperidine rings is 1. The van der Waals surface area contributed by atoms with Gasteiger partial charge in [-0.2, -0.15) is 0 Å². The van der Waals surface area contributed by atoms with Gasteiger partial charge in [0.1, 0.15) is 5.01 Å². The van der Waals surface area contributed by atoms with E-state index in [0.29, 0.717) is 4.90 Å². The van der Waals surface area contributed by atoms with Crippen LogP contribution in [0.1, 0.15) is 18.5 Å². The number of nitrogens with one attached hydrogen (secondary N) is 2. The van der Waals surface area contributed by atoms with Crippen molar-refractivity contribution in [1.29, 1.82) is 0 Å². The van der Waals surface area contributed by atoms with Crippen LogP contribution in [0, 0.1) is 6.92 Å². The van der Waals surface area contributed by atoms with Crippen molar-refractivity contribution in [2.75, 3.05) is 13.1 Å². The van der Waals surface area contributed by atoms with Crippen LogP contribution in [-0.4, -0.2) is 32.5 Å². The lowest BCUT2D eigenvalue weighted by molar-refractivity contribution is 0.427. The zero-order chi connectivity index (χ0) is 15.6. The van der Waals surface area contributed by atoms with E-state index >= 15 is 0 Å². The quantitative estimate of drug-likeness (QED) is 0.897. The zero-order valence-electron chi connectivity index (χ0n) is 12.4. The number of aromatic nitrogens is 1. The summed E-state index contributed by atoms with van der Waals surface area (Å²) in [6.45, 7) is 3.64. The molecule has 1 aliphatic rings. The molecule has 0 radical (unpaired) electrons. The average molecular weight is 337 g/mol. The van der Waals surface area contributed by atoms with Crippen molar-refractivity contribution in [3.05, 3.63) is 35.3 Å². The van der Waals surface area contributed by atoms with E-state index in [9.17, 15) is 8.42 Å². The lowest BCUT2D eigenvalue weighted by atomic mass is 10.1. The molecule has 2 aromatic rings. The minimum Gasteiger partial charge on any atom is -0.317 e. The number of benzene rings is 1. The molecular weight excluding hydrogens is 318 g/mol. The SMILES string of the molecule is Cc1csc(-c2cccc(S(=O)(=O)NC3CCNCC3)c2)n1. The molecule has 0 amide bonds. The third-order valence-electron chi connectivity index (χ3n) is 3.67. The summed E-state index contributed by atoms with van der Waals surface area (Å²) in [6.07, 6.45) is 1.65. The first kappa shape index (κ1) is 15.6. The molecular formula is C15H19N3O2S2. The molecule has 2 heterocycles. The third kappa shape index (κ3) is 3.55. The summed E-state index contributed by atoms with van der Waals surface area (Å²) in [5.41, 5.74) is 1.78. The minimum atomic E-state index is -3.48. The summed E-state index contributed by atoms with van der Waals surface area (Å²) < 4.78 is 27.9. The standard InChI is InChI=1S/C15H19N3O2S2/c1-11-10-21-15(17-11)12-3-2-4-14(9-12)22(19,20)18-13-5-7-16-8-6-13/h2-4,9-10,13,16,18H,5-8H2,1H3. The number of aryl methyl sites for hydroxylation is 1. The second-order valence-corrected chi connectivity index (χ2v) is 8.04. The Morgan fingerprint density at radius 1 is 1.32 bits per heavy atom. The summed E-state index contributed by atoms with van der Waals surface area (Å²) in [5, 5.41) is 6.04. The lowest BCUT2D eigenvalue weighted by Crippen LogP contribution is -2.42. The molecule has 0 aliphatic carbocycles. The molecule has 1 saturated heterocycles. The molecule has 0 saturated carbocycles. The summed E-state index contributed by atoms with van der Waals surface area (Å²) in [6, 6.07) is 7.00. The summed E-state index contributed by atoms with van der Waals surface area (Å²) >= 11 is 1.52. The lowest BCUT2D eigenvalue weighted by Gasteiger charge is -2.23. The van der Waals surface area contributed by atoms with Crippen molar-refractivity contribution in [2.24, 2.45) is 0 Å². The van der Waals surface area contributed by atoms with E-state index in [1.54, 1.807) is 18.2 Å². The number of thiazole rings is 1. The van der Waals surface area contributed by atoms with Gasteiger partial charge in [0.15, 0.2) is 0 Å². The molecule has 1 aliphatic heterocycles. The van der Waals surface area contributed by atoms with Crippen LogP contribution < -0.4 is 10.0 Å². The minimum absolute atomic E-state index is 0.0111. The van der Waals surface area contributed by atoms with Gasteiger partial charge in [-0.25, -0.2) is 18.1 Å². The van der Waals surface area contributed by atoms with Crippen LogP contribution in [-0.2, 0) is 10.0 Å². The number of hydrogen-bond acceptors (Lipinski definition) is 5. The van der Waals surface area contributed by atoms with Gasteiger partial charge in [0.25, 0.3) is 0 Å². The molecule has 3 rings (SSSR count). The molecule has 1 aromatic carbocycles. The van der Waals surface area contributed by atoms with E-state index in [0.717, 1.165) is 42.2 Å². The Hall–Kier alpha value is -1.28. The van der Waals surface area contributed by atoms with E-state index in [1.165, 1.54) is 11.3 Å². The molecule has 22 heavy (non-hydrogen) atoms. The average Bonchev–Trinajstić information content (AvgIpc) is 2.95. The summed E-state index contributed by atoms with van der Waals surface area (Å²) in [7, 11) is -3.48. The fourth-order valence-corrected chi connectivity index (χ4v) is 4.66. The highest BCUT2D eigenvalue weighted by Gasteiger charge is 2.22. The maximum atomic E-state index is 12.5. The number of rotatable bonds is 4. The Morgan fingerprint density at radius 2 is 2.09 bits per heavy atom. The highest BCUT2D eigenvalue weighted by Crippen LogP contribution is 2.25. The van der Waals surface area contributed by atoms with Gasteiger partial charge in [-0.1, -0.05) is 12.1 Å². The molecule has 5 nitrogen and oxygen atoms in total. The molecule has 0 atom stereocenters. The van der Waals surface area contributed by atoms with E-state index in [2.05, 4.69) is 15.0 Å². The van der Waals surface area contributed by atoms with Crippen LogP contribution in [0.4, 0.5) is 0 Å². The van der Waals surface area contributed by atoms with E-state index in [-0.39, 0.29) is 6.04 Å². The predicted octanol–water partition coefficient (Wildman–Crippen LogP) is 2.15. The van der Waals surface area contributed by atoms with Crippen molar-refractivity contribution < 1.29 is 8.42 Å². The van der Waals surface area contributed by atoms with Gasteiger partial charge in [0.05, 0.1) is 4.90 Å². The largest absolute Gasteiger partial charge is 0.317 e. The van der Waals surface area contributed by atoms with Gasteiger partial charge in [-0.3, -0.25) is 0 Å². The van der Waals surface area contributed by atoms with Crippen molar-refractivity contribution in [3.63, 3.8) is 0 Å². The first-order chi connectivity index (χ1) is 10.5. The summed E-state index contributed by atoms with van der Waals surface area (Å²) in [5.74, 6) is 0. The number of hydrogen-bond donors (Lipinski definition) is 2. The van der Waals surface area contributed by atoms with Gasteiger partial charge in [-0.15, -0.1) is 11.3 Å². The Balaban J connectivity index is 1.84. The van der Waals surface area contributed by atoms with Crippen LogP contribution in [0.5, 0.6) is 0 Å². The van der Waals surface area contributed by atoms with E-state index in [4.69, 9.17) is 0 Å². The molecule has 0 spiro atoms. The highest BCUT2D eigenvalue weighted by molar-refractivity contribution is 7.89. The molecule has 118 valence electrons. The van der Waals surface area contributed by atoms with E-state index < -0.39 is 10.0 Å². The Bertz CT molecular complexity index is 750. The predicted molar refractivity (Wildman–Crippen MR) is 88.5 cm³/mol. The molecule has 1 aromatic heterocycles. The molecule has 2 N–H and O–H groups in total. The van der Waals surface area contributed by atoms with E-state index in [1.807, 2.05) is 18.4 Å². The fourth-order valence-electron chi connectivity index (χ4n) is 2.51. The van der Waals surface area contributed by atoms with Crippen molar-refractivity contribution in [3.8, 4) is 10.6 Å². The Labute approximate surface area is 134 Å². The maximum Gasteiger partial charge on any atom is 0.240 e. The number of sulfonamides is 1. The molecule has 0 bridgehead atoms. The Morgan fingerprint density at radius 3 is 2.77 bits per heavy atom.